The Hall–Kier alpha value is -2.49. The molecule has 0 N–H and O–H groups in total. The molecule has 2 aromatic heterocycles. The fourth-order valence-corrected chi connectivity index (χ4v) is 3.49. The van der Waals surface area contributed by atoms with Crippen molar-refractivity contribution in [2.75, 3.05) is 0 Å². The fraction of sp³-hybridized carbons (Fsp3) is 0.174. The van der Waals surface area contributed by atoms with Crippen molar-refractivity contribution in [2.45, 2.75) is 27.0 Å². The standard InChI is InChI=1S/C23H21ClN2O.ClH/c1-16-17(2)26(14-18-6-4-3-5-7-18)22-21(16)12-13-25-23(22)27-15-19-8-10-20(24)11-9-19;/h3-13H,14-15H2,1-2H3;1H. The third-order valence-electron chi connectivity index (χ3n) is 4.98. The van der Waals surface area contributed by atoms with E-state index >= 15 is 0 Å². The Morgan fingerprint density at radius 2 is 1.64 bits per heavy atom. The zero-order chi connectivity index (χ0) is 18.8. The molecule has 0 unspecified atom stereocenters. The average molecular weight is 413 g/mol. The Bertz CT molecular complexity index is 1070. The maximum atomic E-state index is 6.12. The van der Waals surface area contributed by atoms with E-state index in [0.29, 0.717) is 12.5 Å². The zero-order valence-corrected chi connectivity index (χ0v) is 17.4. The first kappa shape index (κ1) is 20.2. The Labute approximate surface area is 176 Å². The number of pyridine rings is 1. The fourth-order valence-electron chi connectivity index (χ4n) is 3.36. The number of nitrogens with zero attached hydrogens (tertiary/aromatic N) is 2. The van der Waals surface area contributed by atoms with Gasteiger partial charge in [0, 0.05) is 28.8 Å². The third kappa shape index (κ3) is 4.01. The van der Waals surface area contributed by atoms with Gasteiger partial charge in [-0.1, -0.05) is 54.1 Å². The Balaban J connectivity index is 0.00000225. The summed E-state index contributed by atoms with van der Waals surface area (Å²) in [5.74, 6) is 0.662. The molecule has 0 saturated carbocycles. The van der Waals surface area contributed by atoms with Crippen LogP contribution in [0, 0.1) is 13.8 Å². The lowest BCUT2D eigenvalue weighted by Gasteiger charge is -2.12. The van der Waals surface area contributed by atoms with Gasteiger partial charge in [-0.2, -0.15) is 0 Å². The molecule has 2 heterocycles. The molecular formula is C23H22Cl2N2O. The van der Waals surface area contributed by atoms with Crippen molar-refractivity contribution in [1.29, 1.82) is 0 Å². The summed E-state index contributed by atoms with van der Waals surface area (Å²) in [5, 5.41) is 1.91. The van der Waals surface area contributed by atoms with Crippen LogP contribution in [0.15, 0.2) is 66.9 Å². The van der Waals surface area contributed by atoms with Crippen LogP contribution in [-0.4, -0.2) is 9.55 Å². The molecule has 2 aromatic carbocycles. The minimum atomic E-state index is 0. The summed E-state index contributed by atoms with van der Waals surface area (Å²) in [5.41, 5.74) is 5.86. The summed E-state index contributed by atoms with van der Waals surface area (Å²) in [6, 6.07) is 20.2. The molecule has 4 rings (SSSR count). The first-order chi connectivity index (χ1) is 13.1. The molecule has 4 aromatic rings. The number of ether oxygens (including phenoxy) is 1. The largest absolute Gasteiger partial charge is 0.471 e. The van der Waals surface area contributed by atoms with Crippen molar-refractivity contribution in [3.8, 4) is 5.88 Å². The quantitative estimate of drug-likeness (QED) is 0.381. The van der Waals surface area contributed by atoms with E-state index in [2.05, 4.69) is 53.7 Å². The van der Waals surface area contributed by atoms with Crippen LogP contribution < -0.4 is 4.74 Å². The second-order valence-corrected chi connectivity index (χ2v) is 7.15. The monoisotopic (exact) mass is 412 g/mol. The number of halogens is 2. The number of benzene rings is 2. The lowest BCUT2D eigenvalue weighted by atomic mass is 10.2. The smallest absolute Gasteiger partial charge is 0.238 e. The number of hydrogen-bond acceptors (Lipinski definition) is 2. The molecule has 0 radical (unpaired) electrons. The highest BCUT2D eigenvalue weighted by Crippen LogP contribution is 2.32. The number of aromatic nitrogens is 2. The van der Waals surface area contributed by atoms with Crippen LogP contribution in [-0.2, 0) is 13.2 Å². The van der Waals surface area contributed by atoms with Gasteiger partial charge in [0.25, 0.3) is 0 Å². The summed E-state index contributed by atoms with van der Waals surface area (Å²) < 4.78 is 8.41. The van der Waals surface area contributed by atoms with Crippen LogP contribution in [0.2, 0.25) is 5.02 Å². The molecule has 0 aliphatic heterocycles. The van der Waals surface area contributed by atoms with Crippen molar-refractivity contribution in [1.82, 2.24) is 9.55 Å². The van der Waals surface area contributed by atoms with Crippen LogP contribution in [0.4, 0.5) is 0 Å². The lowest BCUT2D eigenvalue weighted by Crippen LogP contribution is -2.05. The lowest BCUT2D eigenvalue weighted by molar-refractivity contribution is 0.296. The Morgan fingerprint density at radius 3 is 2.36 bits per heavy atom. The van der Waals surface area contributed by atoms with Crippen LogP contribution >= 0.6 is 24.0 Å². The molecule has 0 aliphatic rings. The molecule has 0 spiro atoms. The van der Waals surface area contributed by atoms with Gasteiger partial charge in [-0.15, -0.1) is 12.4 Å². The Morgan fingerprint density at radius 1 is 0.929 bits per heavy atom. The molecule has 144 valence electrons. The van der Waals surface area contributed by atoms with Crippen molar-refractivity contribution in [3.05, 3.63) is 94.3 Å². The van der Waals surface area contributed by atoms with E-state index in [1.54, 1.807) is 0 Å². The molecular weight excluding hydrogens is 391 g/mol. The molecule has 3 nitrogen and oxygen atoms in total. The highest BCUT2D eigenvalue weighted by molar-refractivity contribution is 6.30. The van der Waals surface area contributed by atoms with E-state index in [-0.39, 0.29) is 12.4 Å². The molecule has 0 aliphatic carbocycles. The molecule has 0 atom stereocenters. The van der Waals surface area contributed by atoms with E-state index in [1.807, 2.05) is 36.5 Å². The van der Waals surface area contributed by atoms with Crippen molar-refractivity contribution in [3.63, 3.8) is 0 Å². The summed E-state index contributed by atoms with van der Waals surface area (Å²) in [7, 11) is 0. The van der Waals surface area contributed by atoms with Crippen LogP contribution in [0.5, 0.6) is 5.88 Å². The summed E-state index contributed by atoms with van der Waals surface area (Å²) in [4.78, 5) is 4.53. The van der Waals surface area contributed by atoms with Gasteiger partial charge in [-0.25, -0.2) is 4.98 Å². The van der Waals surface area contributed by atoms with Crippen molar-refractivity contribution < 1.29 is 4.74 Å². The Kier molecular flexibility index (Phi) is 6.28. The minimum Gasteiger partial charge on any atom is -0.471 e. The van der Waals surface area contributed by atoms with Gasteiger partial charge in [0.05, 0.1) is 0 Å². The van der Waals surface area contributed by atoms with E-state index in [4.69, 9.17) is 16.3 Å². The van der Waals surface area contributed by atoms with Gasteiger partial charge in [-0.05, 0) is 48.7 Å². The van der Waals surface area contributed by atoms with Gasteiger partial charge < -0.3 is 9.30 Å². The molecule has 0 bridgehead atoms. The highest BCUT2D eigenvalue weighted by atomic mass is 35.5. The summed E-state index contributed by atoms with van der Waals surface area (Å²) in [6.07, 6.45) is 1.82. The van der Waals surface area contributed by atoms with Crippen LogP contribution in [0.1, 0.15) is 22.4 Å². The van der Waals surface area contributed by atoms with Gasteiger partial charge in [0.1, 0.15) is 12.1 Å². The van der Waals surface area contributed by atoms with E-state index in [0.717, 1.165) is 22.6 Å². The molecule has 0 saturated heterocycles. The molecule has 0 fully saturated rings. The predicted molar refractivity (Wildman–Crippen MR) is 118 cm³/mol. The minimum absolute atomic E-state index is 0. The normalized spacial score (nSPS) is 10.7. The number of rotatable bonds is 5. The number of fused-ring (bicyclic) bond motifs is 1. The average Bonchev–Trinajstić information content (AvgIpc) is 2.94. The maximum absolute atomic E-state index is 6.12. The van der Waals surface area contributed by atoms with E-state index < -0.39 is 0 Å². The topological polar surface area (TPSA) is 27.1 Å². The molecule has 28 heavy (non-hydrogen) atoms. The van der Waals surface area contributed by atoms with E-state index in [9.17, 15) is 0 Å². The summed E-state index contributed by atoms with van der Waals surface area (Å²) in [6.45, 7) is 5.56. The summed E-state index contributed by atoms with van der Waals surface area (Å²) >= 11 is 5.97. The van der Waals surface area contributed by atoms with Crippen molar-refractivity contribution in [2.24, 2.45) is 0 Å². The molecule has 0 amide bonds. The second kappa shape index (κ2) is 8.68. The van der Waals surface area contributed by atoms with Gasteiger partial charge in [-0.3, -0.25) is 0 Å². The zero-order valence-electron chi connectivity index (χ0n) is 15.9. The van der Waals surface area contributed by atoms with Gasteiger partial charge >= 0.3 is 0 Å². The SMILES string of the molecule is Cc1c(C)n(Cc2ccccc2)c2c(OCc3ccc(Cl)cc3)nccc12.Cl. The van der Waals surface area contributed by atoms with Crippen LogP contribution in [0.3, 0.4) is 0 Å². The third-order valence-corrected chi connectivity index (χ3v) is 5.24. The van der Waals surface area contributed by atoms with Crippen molar-refractivity contribution >= 4 is 34.9 Å². The predicted octanol–water partition coefficient (Wildman–Crippen LogP) is 6.36. The van der Waals surface area contributed by atoms with Crippen LogP contribution in [0.25, 0.3) is 10.9 Å². The first-order valence-corrected chi connectivity index (χ1v) is 9.37. The van der Waals surface area contributed by atoms with Gasteiger partial charge in [0.15, 0.2) is 0 Å². The first-order valence-electron chi connectivity index (χ1n) is 8.99. The second-order valence-electron chi connectivity index (χ2n) is 6.71. The number of aryl methyl sites for hydroxylation is 1. The molecule has 5 heteroatoms. The maximum Gasteiger partial charge on any atom is 0.238 e. The van der Waals surface area contributed by atoms with Gasteiger partial charge in [0.2, 0.25) is 5.88 Å². The highest BCUT2D eigenvalue weighted by Gasteiger charge is 2.16. The number of hydrogen-bond donors (Lipinski definition) is 0. The van der Waals surface area contributed by atoms with E-state index in [1.165, 1.54) is 22.2 Å².